The van der Waals surface area contributed by atoms with Crippen molar-refractivity contribution in [2.24, 2.45) is 5.41 Å². The van der Waals surface area contributed by atoms with Crippen LogP contribution in [0.4, 0.5) is 5.82 Å². The van der Waals surface area contributed by atoms with Crippen LogP contribution in [0.25, 0.3) is 0 Å². The van der Waals surface area contributed by atoms with Gasteiger partial charge in [-0.15, -0.1) is 5.10 Å². The lowest BCUT2D eigenvalue weighted by atomic mass is 9.92. The summed E-state index contributed by atoms with van der Waals surface area (Å²) in [6, 6.07) is 4.57. The fourth-order valence-corrected chi connectivity index (χ4v) is 2.24. The third-order valence-electron chi connectivity index (χ3n) is 3.12. The Balaban J connectivity index is 1.96. The second-order valence-electron chi connectivity index (χ2n) is 5.31. The van der Waals surface area contributed by atoms with Gasteiger partial charge in [-0.3, -0.25) is 0 Å². The Kier molecular flexibility index (Phi) is 2.63. The number of nitrogens with one attached hydrogen (secondary N) is 1. The summed E-state index contributed by atoms with van der Waals surface area (Å²) in [4.78, 5) is 0. The van der Waals surface area contributed by atoms with Crippen molar-refractivity contribution in [2.45, 2.75) is 46.1 Å². The molecule has 3 nitrogen and oxygen atoms in total. The second kappa shape index (κ2) is 3.80. The summed E-state index contributed by atoms with van der Waals surface area (Å²) >= 11 is 0. The predicted octanol–water partition coefficient (Wildman–Crippen LogP) is 2.78. The predicted molar refractivity (Wildman–Crippen MR) is 61.8 cm³/mol. The highest BCUT2D eigenvalue weighted by atomic mass is 15.2. The molecule has 3 heteroatoms. The number of nitrogens with zero attached hydrogens (tertiary/aromatic N) is 2. The smallest absolute Gasteiger partial charge is 0.148 e. The molecule has 0 saturated heterocycles. The molecule has 1 aliphatic carbocycles. The zero-order chi connectivity index (χ0) is 10.9. The zero-order valence-corrected chi connectivity index (χ0v) is 9.75. The van der Waals surface area contributed by atoms with Crippen LogP contribution in [0.5, 0.6) is 0 Å². The molecule has 1 aromatic heterocycles. The first-order valence-electron chi connectivity index (χ1n) is 5.62. The molecule has 0 spiro atoms. The Bertz CT molecular complexity index is 329. The molecule has 1 atom stereocenters. The van der Waals surface area contributed by atoms with Gasteiger partial charge in [0.1, 0.15) is 5.82 Å². The third-order valence-corrected chi connectivity index (χ3v) is 3.12. The van der Waals surface area contributed by atoms with E-state index in [1.54, 1.807) is 0 Å². The van der Waals surface area contributed by atoms with Crippen LogP contribution in [0.3, 0.4) is 0 Å². The highest BCUT2D eigenvalue weighted by Crippen LogP contribution is 2.37. The molecular formula is C12H19N3. The summed E-state index contributed by atoms with van der Waals surface area (Å²) in [6.07, 6.45) is 3.76. The quantitative estimate of drug-likeness (QED) is 0.806. The summed E-state index contributed by atoms with van der Waals surface area (Å²) in [7, 11) is 0. The maximum absolute atomic E-state index is 4.13. The Morgan fingerprint density at radius 3 is 2.67 bits per heavy atom. The second-order valence-corrected chi connectivity index (χ2v) is 5.31. The van der Waals surface area contributed by atoms with Crippen molar-refractivity contribution in [3.8, 4) is 0 Å². The highest BCUT2D eigenvalue weighted by molar-refractivity contribution is 5.34. The number of aromatic nitrogens is 2. The van der Waals surface area contributed by atoms with Gasteiger partial charge < -0.3 is 5.32 Å². The van der Waals surface area contributed by atoms with E-state index in [0.29, 0.717) is 11.5 Å². The average Bonchev–Trinajstić information content (AvgIpc) is 2.50. The first kappa shape index (κ1) is 10.4. The summed E-state index contributed by atoms with van der Waals surface area (Å²) < 4.78 is 0. The topological polar surface area (TPSA) is 37.8 Å². The molecule has 2 rings (SSSR count). The Morgan fingerprint density at radius 1 is 1.33 bits per heavy atom. The summed E-state index contributed by atoms with van der Waals surface area (Å²) in [6.45, 7) is 6.61. The molecule has 0 radical (unpaired) electrons. The highest BCUT2D eigenvalue weighted by Gasteiger charge is 2.30. The van der Waals surface area contributed by atoms with Gasteiger partial charge in [-0.05, 0) is 43.7 Å². The van der Waals surface area contributed by atoms with Gasteiger partial charge in [-0.25, -0.2) is 0 Å². The van der Waals surface area contributed by atoms with E-state index in [4.69, 9.17) is 0 Å². The van der Waals surface area contributed by atoms with Crippen molar-refractivity contribution in [2.75, 3.05) is 5.32 Å². The van der Waals surface area contributed by atoms with Gasteiger partial charge in [-0.1, -0.05) is 13.8 Å². The van der Waals surface area contributed by atoms with Crippen molar-refractivity contribution in [3.05, 3.63) is 17.8 Å². The largest absolute Gasteiger partial charge is 0.366 e. The van der Waals surface area contributed by atoms with Crippen molar-refractivity contribution in [3.63, 3.8) is 0 Å². The van der Waals surface area contributed by atoms with Gasteiger partial charge in [0.2, 0.25) is 0 Å². The van der Waals surface area contributed by atoms with Crippen LogP contribution in [0.1, 0.15) is 38.8 Å². The number of hydrogen-bond acceptors (Lipinski definition) is 3. The molecule has 15 heavy (non-hydrogen) atoms. The summed E-state index contributed by atoms with van der Waals surface area (Å²) in [5.41, 5.74) is 1.45. The zero-order valence-electron chi connectivity index (χ0n) is 9.75. The van der Waals surface area contributed by atoms with Gasteiger partial charge >= 0.3 is 0 Å². The van der Waals surface area contributed by atoms with Crippen LogP contribution in [0.15, 0.2) is 12.1 Å². The number of aryl methyl sites for hydroxylation is 1. The van der Waals surface area contributed by atoms with Gasteiger partial charge in [-0.2, -0.15) is 5.10 Å². The average molecular weight is 205 g/mol. The van der Waals surface area contributed by atoms with E-state index in [-0.39, 0.29) is 0 Å². The molecule has 1 N–H and O–H groups in total. The van der Waals surface area contributed by atoms with E-state index in [1.807, 2.05) is 19.1 Å². The molecule has 1 heterocycles. The van der Waals surface area contributed by atoms with Crippen LogP contribution < -0.4 is 5.32 Å². The first-order valence-corrected chi connectivity index (χ1v) is 5.62. The number of hydrogen-bond donors (Lipinski definition) is 1. The van der Waals surface area contributed by atoms with E-state index in [0.717, 1.165) is 11.5 Å². The summed E-state index contributed by atoms with van der Waals surface area (Å²) in [5, 5.41) is 11.6. The first-order chi connectivity index (χ1) is 7.05. The lowest BCUT2D eigenvalue weighted by molar-refractivity contribution is 0.378. The van der Waals surface area contributed by atoms with Crippen molar-refractivity contribution >= 4 is 5.82 Å². The van der Waals surface area contributed by atoms with E-state index in [2.05, 4.69) is 29.4 Å². The Labute approximate surface area is 91.3 Å². The monoisotopic (exact) mass is 205 g/mol. The molecule has 0 amide bonds. The van der Waals surface area contributed by atoms with Crippen LogP contribution in [0.2, 0.25) is 0 Å². The maximum atomic E-state index is 4.13. The van der Waals surface area contributed by atoms with Gasteiger partial charge in [0.25, 0.3) is 0 Å². The minimum absolute atomic E-state index is 0.482. The lowest BCUT2D eigenvalue weighted by Gasteiger charge is -2.17. The molecule has 1 aromatic rings. The fourth-order valence-electron chi connectivity index (χ4n) is 2.24. The molecule has 1 aliphatic rings. The molecule has 0 bridgehead atoms. The van der Waals surface area contributed by atoms with Gasteiger partial charge in [0, 0.05) is 6.04 Å². The number of anilines is 1. The Hall–Kier alpha value is -1.12. The van der Waals surface area contributed by atoms with Crippen LogP contribution in [-0.2, 0) is 0 Å². The number of rotatable bonds is 2. The van der Waals surface area contributed by atoms with Crippen LogP contribution >= 0.6 is 0 Å². The van der Waals surface area contributed by atoms with Gasteiger partial charge in [0.05, 0.1) is 5.69 Å². The third kappa shape index (κ3) is 2.67. The van der Waals surface area contributed by atoms with E-state index < -0.39 is 0 Å². The normalized spacial score (nSPS) is 24.1. The fraction of sp³-hybridized carbons (Fsp3) is 0.667. The van der Waals surface area contributed by atoms with Crippen LogP contribution in [-0.4, -0.2) is 16.2 Å². The van der Waals surface area contributed by atoms with Gasteiger partial charge in [0.15, 0.2) is 0 Å². The molecule has 82 valence electrons. The standard InChI is InChI=1S/C12H19N3/c1-9-4-5-11(15-14-9)13-10-6-7-12(2,3)8-10/h4-5,10H,6-8H2,1-3H3,(H,13,15). The van der Waals surface area contributed by atoms with Crippen molar-refractivity contribution < 1.29 is 0 Å². The SMILES string of the molecule is Cc1ccc(NC2CCC(C)(C)C2)nn1. The minimum atomic E-state index is 0.482. The van der Waals surface area contributed by atoms with E-state index in [1.165, 1.54) is 19.3 Å². The maximum Gasteiger partial charge on any atom is 0.148 e. The molecule has 0 aromatic carbocycles. The van der Waals surface area contributed by atoms with Crippen molar-refractivity contribution in [1.82, 2.24) is 10.2 Å². The van der Waals surface area contributed by atoms with E-state index in [9.17, 15) is 0 Å². The molecule has 1 saturated carbocycles. The van der Waals surface area contributed by atoms with E-state index >= 15 is 0 Å². The Morgan fingerprint density at radius 2 is 2.13 bits per heavy atom. The molecule has 0 aliphatic heterocycles. The van der Waals surface area contributed by atoms with Crippen LogP contribution in [0, 0.1) is 12.3 Å². The van der Waals surface area contributed by atoms with Crippen molar-refractivity contribution in [1.29, 1.82) is 0 Å². The minimum Gasteiger partial charge on any atom is -0.366 e. The lowest BCUT2D eigenvalue weighted by Crippen LogP contribution is -2.18. The summed E-state index contributed by atoms with van der Waals surface area (Å²) in [5.74, 6) is 0.906. The molecule has 1 unspecified atom stereocenters. The molecule has 1 fully saturated rings. The molecular weight excluding hydrogens is 186 g/mol.